The molecule has 5 nitrogen and oxygen atoms in total. The number of anilines is 1. The Morgan fingerprint density at radius 1 is 1.18 bits per heavy atom. The highest BCUT2D eigenvalue weighted by Gasteiger charge is 2.32. The average molecular weight is 436 g/mol. The summed E-state index contributed by atoms with van der Waals surface area (Å²) in [4.78, 5) is 13.2. The van der Waals surface area contributed by atoms with E-state index in [1.54, 1.807) is 37.3 Å². The van der Waals surface area contributed by atoms with E-state index in [0.29, 0.717) is 50.0 Å². The highest BCUT2D eigenvalue weighted by molar-refractivity contribution is 7.80. The molecule has 2 aromatic rings. The van der Waals surface area contributed by atoms with E-state index < -0.39 is 6.04 Å². The molecule has 3 rings (SSSR count). The lowest BCUT2D eigenvalue weighted by molar-refractivity contribution is -0.113. The van der Waals surface area contributed by atoms with Gasteiger partial charge in [0, 0.05) is 21.3 Å². The fraction of sp³-hybridized carbons (Fsp3) is 0.200. The van der Waals surface area contributed by atoms with Gasteiger partial charge >= 0.3 is 0 Å². The number of carbonyl (C=O) groups excluding carboxylic acids is 1. The predicted octanol–water partition coefficient (Wildman–Crippen LogP) is 4.82. The zero-order chi connectivity index (χ0) is 20.3. The number of hydrogen-bond donors (Lipinski definition) is 3. The van der Waals surface area contributed by atoms with Crippen molar-refractivity contribution in [3.8, 4) is 5.75 Å². The largest absolute Gasteiger partial charge is 0.492 e. The van der Waals surface area contributed by atoms with Gasteiger partial charge in [-0.05, 0) is 50.3 Å². The molecule has 1 heterocycles. The van der Waals surface area contributed by atoms with Gasteiger partial charge in [-0.2, -0.15) is 0 Å². The fourth-order valence-electron chi connectivity index (χ4n) is 3.04. The maximum atomic E-state index is 13.2. The third kappa shape index (κ3) is 4.24. The Bertz CT molecular complexity index is 942. The highest BCUT2D eigenvalue weighted by Crippen LogP contribution is 2.37. The van der Waals surface area contributed by atoms with E-state index in [4.69, 9.17) is 40.2 Å². The molecule has 0 aliphatic carbocycles. The molecule has 0 saturated carbocycles. The molecule has 0 saturated heterocycles. The van der Waals surface area contributed by atoms with Gasteiger partial charge in [-0.3, -0.25) is 4.79 Å². The monoisotopic (exact) mass is 435 g/mol. The number of ether oxygens (including phenoxy) is 1. The van der Waals surface area contributed by atoms with Crippen LogP contribution in [0.2, 0.25) is 10.0 Å². The van der Waals surface area contributed by atoms with Gasteiger partial charge in [0.25, 0.3) is 5.91 Å². The molecule has 0 spiro atoms. The average Bonchev–Trinajstić information content (AvgIpc) is 2.63. The molecule has 1 aliphatic rings. The smallest absolute Gasteiger partial charge is 0.255 e. The first-order valence-corrected chi connectivity index (χ1v) is 9.84. The summed E-state index contributed by atoms with van der Waals surface area (Å²) in [5.74, 6) is 0.282. The van der Waals surface area contributed by atoms with Gasteiger partial charge in [0.15, 0.2) is 5.11 Å². The number of amides is 1. The fourth-order valence-corrected chi connectivity index (χ4v) is 3.93. The molecule has 28 heavy (non-hydrogen) atoms. The topological polar surface area (TPSA) is 62.4 Å². The summed E-state index contributed by atoms with van der Waals surface area (Å²) in [5, 5.41) is 10.3. The number of nitrogens with one attached hydrogen (secondary N) is 3. The molecule has 0 bridgehead atoms. The van der Waals surface area contributed by atoms with Gasteiger partial charge in [-0.1, -0.05) is 41.4 Å². The summed E-state index contributed by atoms with van der Waals surface area (Å²) in [6, 6.07) is 11.9. The Morgan fingerprint density at radius 3 is 2.54 bits per heavy atom. The van der Waals surface area contributed by atoms with Crippen LogP contribution in [0.5, 0.6) is 5.75 Å². The first-order chi connectivity index (χ1) is 13.4. The number of rotatable bonds is 5. The van der Waals surface area contributed by atoms with Crippen LogP contribution < -0.4 is 20.7 Å². The summed E-state index contributed by atoms with van der Waals surface area (Å²) in [6.45, 7) is 4.16. The van der Waals surface area contributed by atoms with E-state index in [1.807, 2.05) is 19.1 Å². The molecule has 1 atom stereocenters. The summed E-state index contributed by atoms with van der Waals surface area (Å²) < 4.78 is 5.59. The van der Waals surface area contributed by atoms with Crippen molar-refractivity contribution in [2.45, 2.75) is 19.9 Å². The van der Waals surface area contributed by atoms with Crippen molar-refractivity contribution in [1.82, 2.24) is 10.6 Å². The normalized spacial score (nSPS) is 16.3. The zero-order valence-corrected chi connectivity index (χ0v) is 17.6. The second-order valence-electron chi connectivity index (χ2n) is 6.09. The van der Waals surface area contributed by atoms with Gasteiger partial charge in [0.2, 0.25) is 0 Å². The third-order valence-corrected chi connectivity index (χ3v) is 5.12. The van der Waals surface area contributed by atoms with Crippen LogP contribution >= 0.6 is 35.4 Å². The number of thiocarbonyl (C=S) groups is 1. The Balaban J connectivity index is 2.01. The lowest BCUT2D eigenvalue weighted by Crippen LogP contribution is -2.46. The number of para-hydroxylation sites is 2. The molecular formula is C20H19Cl2N3O2S. The Hall–Kier alpha value is -2.28. The molecule has 0 aromatic heterocycles. The molecule has 1 amide bonds. The molecular weight excluding hydrogens is 417 g/mol. The van der Waals surface area contributed by atoms with Crippen LogP contribution in [-0.4, -0.2) is 17.6 Å². The number of allylic oxidation sites excluding steroid dienone is 1. The minimum absolute atomic E-state index is 0.312. The SMILES string of the molecule is CCOc1ccccc1NC(=O)C1=C(C)NC(=S)N[C@@H]1c1c(Cl)cccc1Cl. The van der Waals surface area contributed by atoms with Crippen LogP contribution in [-0.2, 0) is 4.79 Å². The molecule has 3 N–H and O–H groups in total. The maximum absolute atomic E-state index is 13.2. The van der Waals surface area contributed by atoms with Crippen LogP contribution in [0, 0.1) is 0 Å². The highest BCUT2D eigenvalue weighted by atomic mass is 35.5. The van der Waals surface area contributed by atoms with Crippen LogP contribution in [0.15, 0.2) is 53.7 Å². The van der Waals surface area contributed by atoms with Crippen molar-refractivity contribution in [3.05, 3.63) is 69.3 Å². The van der Waals surface area contributed by atoms with Crippen molar-refractivity contribution in [2.24, 2.45) is 0 Å². The van der Waals surface area contributed by atoms with Gasteiger partial charge in [-0.25, -0.2) is 0 Å². The number of hydrogen-bond acceptors (Lipinski definition) is 3. The standard InChI is InChI=1S/C20H19Cl2N3O2S/c1-3-27-15-10-5-4-9-14(15)24-19(26)16-11(2)23-20(28)25-18(16)17-12(21)7-6-8-13(17)22/h4-10,18H,3H2,1-2H3,(H,24,26)(H2,23,25,28)/t18-/m0/s1. The third-order valence-electron chi connectivity index (χ3n) is 4.24. The number of carbonyl (C=O) groups is 1. The molecule has 0 unspecified atom stereocenters. The maximum Gasteiger partial charge on any atom is 0.255 e. The van der Waals surface area contributed by atoms with Gasteiger partial charge in [0.05, 0.1) is 23.9 Å². The minimum Gasteiger partial charge on any atom is -0.492 e. The lowest BCUT2D eigenvalue weighted by atomic mass is 9.94. The second kappa shape index (κ2) is 8.82. The summed E-state index contributed by atoms with van der Waals surface area (Å²) in [5.41, 5.74) is 2.23. The first-order valence-electron chi connectivity index (χ1n) is 8.67. The van der Waals surface area contributed by atoms with Crippen LogP contribution in [0.3, 0.4) is 0 Å². The van der Waals surface area contributed by atoms with Crippen molar-refractivity contribution in [3.63, 3.8) is 0 Å². The van der Waals surface area contributed by atoms with Crippen molar-refractivity contribution in [1.29, 1.82) is 0 Å². The van der Waals surface area contributed by atoms with Crippen molar-refractivity contribution in [2.75, 3.05) is 11.9 Å². The van der Waals surface area contributed by atoms with Gasteiger partial charge < -0.3 is 20.7 Å². The molecule has 146 valence electrons. The van der Waals surface area contributed by atoms with E-state index in [1.165, 1.54) is 0 Å². The second-order valence-corrected chi connectivity index (χ2v) is 7.31. The quantitative estimate of drug-likeness (QED) is 0.587. The predicted molar refractivity (Wildman–Crippen MR) is 117 cm³/mol. The van der Waals surface area contributed by atoms with Crippen molar-refractivity contribution < 1.29 is 9.53 Å². The van der Waals surface area contributed by atoms with Crippen molar-refractivity contribution >= 4 is 52.1 Å². The zero-order valence-electron chi connectivity index (χ0n) is 15.3. The first kappa shape index (κ1) is 20.5. The summed E-state index contributed by atoms with van der Waals surface area (Å²) in [6.07, 6.45) is 0. The Labute approximate surface area is 179 Å². The van der Waals surface area contributed by atoms with E-state index in [-0.39, 0.29) is 5.91 Å². The minimum atomic E-state index is -0.589. The van der Waals surface area contributed by atoms with E-state index in [0.717, 1.165) is 0 Å². The molecule has 1 aliphatic heterocycles. The van der Waals surface area contributed by atoms with E-state index in [2.05, 4.69) is 16.0 Å². The molecule has 0 fully saturated rings. The summed E-state index contributed by atoms with van der Waals surface area (Å²) in [7, 11) is 0. The van der Waals surface area contributed by atoms with Gasteiger partial charge in [-0.15, -0.1) is 0 Å². The molecule has 2 aromatic carbocycles. The Kier molecular flexibility index (Phi) is 6.44. The molecule has 8 heteroatoms. The van der Waals surface area contributed by atoms with Crippen LogP contribution in [0.4, 0.5) is 5.69 Å². The van der Waals surface area contributed by atoms with Crippen LogP contribution in [0.25, 0.3) is 0 Å². The van der Waals surface area contributed by atoms with Crippen LogP contribution in [0.1, 0.15) is 25.5 Å². The van der Waals surface area contributed by atoms with Gasteiger partial charge in [0.1, 0.15) is 5.75 Å². The number of halogens is 2. The lowest BCUT2D eigenvalue weighted by Gasteiger charge is -2.31. The summed E-state index contributed by atoms with van der Waals surface area (Å²) >= 11 is 18.1. The van der Waals surface area contributed by atoms with E-state index in [9.17, 15) is 4.79 Å². The number of benzene rings is 2. The molecule has 0 radical (unpaired) electrons. The Morgan fingerprint density at radius 2 is 1.86 bits per heavy atom. The van der Waals surface area contributed by atoms with E-state index >= 15 is 0 Å².